The van der Waals surface area contributed by atoms with E-state index in [0.29, 0.717) is 47.3 Å². The zero-order chi connectivity index (χ0) is 28.6. The molecule has 8 nitrogen and oxygen atoms in total. The average Bonchev–Trinajstić information content (AvgIpc) is 3.19. The van der Waals surface area contributed by atoms with Gasteiger partial charge in [-0.15, -0.1) is 0 Å². The lowest BCUT2D eigenvalue weighted by molar-refractivity contribution is -0.140. The summed E-state index contributed by atoms with van der Waals surface area (Å²) in [5.74, 6) is 0.279. The van der Waals surface area contributed by atoms with E-state index in [1.54, 1.807) is 42.5 Å². The molecular weight excluding hydrogens is 510 g/mol. The highest BCUT2D eigenvalue weighted by atomic mass is 16.5. The molecule has 1 aliphatic rings. The number of carbonyl (C=O) groups excluding carboxylic acids is 2. The zero-order valence-electron chi connectivity index (χ0n) is 23.3. The first-order valence-electron chi connectivity index (χ1n) is 13.5. The number of ether oxygens (including phenoxy) is 4. The van der Waals surface area contributed by atoms with Gasteiger partial charge in [-0.3, -0.25) is 9.59 Å². The number of hydrogen-bond acceptors (Lipinski definition) is 7. The molecule has 3 aromatic carbocycles. The van der Waals surface area contributed by atoms with Gasteiger partial charge < -0.3 is 29.0 Å². The Labute approximate surface area is 234 Å². The molecule has 0 aliphatic carbocycles. The Balaban J connectivity index is 1.82. The topological polar surface area (TPSA) is 94.5 Å². The Morgan fingerprint density at radius 1 is 0.875 bits per heavy atom. The minimum absolute atomic E-state index is 0.0310. The van der Waals surface area contributed by atoms with Crippen molar-refractivity contribution in [2.75, 3.05) is 26.4 Å². The molecule has 0 radical (unpaired) electrons. The van der Waals surface area contributed by atoms with Crippen LogP contribution in [0.2, 0.25) is 0 Å². The SMILES string of the molecule is CCOc1ccc(/C(O)=C2\C(=O)C(=O)N(CCOC(C)C)C2c2cccc(Oc3ccccc3)c2)c(OCC)c1. The van der Waals surface area contributed by atoms with E-state index in [-0.39, 0.29) is 30.6 Å². The molecule has 40 heavy (non-hydrogen) atoms. The minimum atomic E-state index is -0.865. The maximum Gasteiger partial charge on any atom is 0.295 e. The summed E-state index contributed by atoms with van der Waals surface area (Å²) < 4.78 is 23.1. The van der Waals surface area contributed by atoms with E-state index >= 15 is 0 Å². The highest BCUT2D eigenvalue weighted by Gasteiger charge is 2.46. The van der Waals surface area contributed by atoms with Crippen LogP contribution in [0.15, 0.2) is 78.4 Å². The number of benzene rings is 3. The number of likely N-dealkylation sites (tertiary alicyclic amines) is 1. The highest BCUT2D eigenvalue weighted by Crippen LogP contribution is 2.42. The van der Waals surface area contributed by atoms with Gasteiger partial charge in [0.05, 0.1) is 43.1 Å². The van der Waals surface area contributed by atoms with Crippen LogP contribution in [-0.4, -0.2) is 54.2 Å². The van der Waals surface area contributed by atoms with Gasteiger partial charge in [-0.1, -0.05) is 30.3 Å². The number of nitrogens with zero attached hydrogens (tertiary/aromatic N) is 1. The number of ketones is 1. The van der Waals surface area contributed by atoms with E-state index in [4.69, 9.17) is 18.9 Å². The molecule has 1 fully saturated rings. The maximum atomic E-state index is 13.5. The van der Waals surface area contributed by atoms with Crippen molar-refractivity contribution in [2.45, 2.75) is 39.8 Å². The van der Waals surface area contributed by atoms with Gasteiger partial charge in [0.1, 0.15) is 28.8 Å². The largest absolute Gasteiger partial charge is 0.507 e. The predicted octanol–water partition coefficient (Wildman–Crippen LogP) is 6.12. The maximum absolute atomic E-state index is 13.5. The second-order valence-corrected chi connectivity index (χ2v) is 9.42. The third-order valence-electron chi connectivity index (χ3n) is 6.30. The van der Waals surface area contributed by atoms with Gasteiger partial charge in [0.15, 0.2) is 0 Å². The van der Waals surface area contributed by atoms with Crippen LogP contribution in [0.25, 0.3) is 5.76 Å². The van der Waals surface area contributed by atoms with E-state index in [1.807, 2.05) is 58.0 Å². The average molecular weight is 546 g/mol. The summed E-state index contributed by atoms with van der Waals surface area (Å²) in [5.41, 5.74) is 0.877. The van der Waals surface area contributed by atoms with Crippen molar-refractivity contribution < 1.29 is 33.6 Å². The van der Waals surface area contributed by atoms with Gasteiger partial charge in [-0.2, -0.15) is 0 Å². The number of aliphatic hydroxyl groups excluding tert-OH is 1. The smallest absolute Gasteiger partial charge is 0.295 e. The van der Waals surface area contributed by atoms with Crippen LogP contribution in [0, 0.1) is 0 Å². The fourth-order valence-electron chi connectivity index (χ4n) is 4.59. The van der Waals surface area contributed by atoms with Gasteiger partial charge in [-0.25, -0.2) is 0 Å². The van der Waals surface area contributed by atoms with Crippen LogP contribution in [0.5, 0.6) is 23.0 Å². The van der Waals surface area contributed by atoms with Gasteiger partial charge in [0, 0.05) is 12.6 Å². The Morgan fingerprint density at radius 3 is 2.30 bits per heavy atom. The van der Waals surface area contributed by atoms with Gasteiger partial charge in [-0.05, 0) is 69.7 Å². The second kappa shape index (κ2) is 13.2. The van der Waals surface area contributed by atoms with Gasteiger partial charge in [0.25, 0.3) is 11.7 Å². The van der Waals surface area contributed by atoms with Crippen LogP contribution in [0.1, 0.15) is 44.9 Å². The van der Waals surface area contributed by atoms with Crippen molar-refractivity contribution in [1.29, 1.82) is 0 Å². The van der Waals surface area contributed by atoms with Crippen LogP contribution in [0.3, 0.4) is 0 Å². The summed E-state index contributed by atoms with van der Waals surface area (Å²) in [5, 5.41) is 11.6. The van der Waals surface area contributed by atoms with Crippen molar-refractivity contribution in [1.82, 2.24) is 4.90 Å². The summed E-state index contributed by atoms with van der Waals surface area (Å²) in [6.45, 7) is 8.68. The molecule has 8 heteroatoms. The summed E-state index contributed by atoms with van der Waals surface area (Å²) in [6.07, 6.45) is -0.0459. The normalized spacial score (nSPS) is 16.4. The lowest BCUT2D eigenvalue weighted by atomic mass is 9.94. The second-order valence-electron chi connectivity index (χ2n) is 9.42. The molecule has 1 unspecified atom stereocenters. The van der Waals surface area contributed by atoms with Crippen LogP contribution in [0.4, 0.5) is 0 Å². The number of amides is 1. The molecule has 1 heterocycles. The number of para-hydroxylation sites is 1. The molecule has 1 atom stereocenters. The number of Topliss-reactive ketones (excluding diaryl/α,β-unsaturated/α-hetero) is 1. The third-order valence-corrected chi connectivity index (χ3v) is 6.30. The van der Waals surface area contributed by atoms with Gasteiger partial charge in [0.2, 0.25) is 0 Å². The lowest BCUT2D eigenvalue weighted by Crippen LogP contribution is -2.33. The molecule has 0 aromatic heterocycles. The number of carbonyl (C=O) groups is 2. The minimum Gasteiger partial charge on any atom is -0.507 e. The first kappa shape index (κ1) is 28.7. The van der Waals surface area contributed by atoms with Crippen molar-refractivity contribution in [3.63, 3.8) is 0 Å². The molecule has 1 amide bonds. The Morgan fingerprint density at radius 2 is 1.60 bits per heavy atom. The summed E-state index contributed by atoms with van der Waals surface area (Å²) in [4.78, 5) is 28.2. The molecular formula is C32H35NO7. The number of aliphatic hydroxyl groups is 1. The van der Waals surface area contributed by atoms with E-state index in [9.17, 15) is 14.7 Å². The standard InChI is InChI=1S/C32H35NO7/c1-5-37-24-15-16-26(27(20-24)38-6-2)30(34)28-29(33(32(36)31(28)35)17-18-39-21(3)4)22-11-10-14-25(19-22)40-23-12-8-7-9-13-23/h7-16,19-21,29,34H,5-6,17-18H2,1-4H3/b30-28+. The molecule has 1 aliphatic heterocycles. The molecule has 3 aromatic rings. The summed E-state index contributed by atoms with van der Waals surface area (Å²) in [7, 11) is 0. The molecule has 1 N–H and O–H groups in total. The van der Waals surface area contributed by atoms with Crippen molar-refractivity contribution in [2.24, 2.45) is 0 Å². The van der Waals surface area contributed by atoms with E-state index < -0.39 is 17.7 Å². The Kier molecular flexibility index (Phi) is 9.45. The van der Waals surface area contributed by atoms with Crippen molar-refractivity contribution >= 4 is 17.4 Å². The van der Waals surface area contributed by atoms with Crippen molar-refractivity contribution in [3.8, 4) is 23.0 Å². The monoisotopic (exact) mass is 545 g/mol. The molecule has 0 bridgehead atoms. The molecule has 4 rings (SSSR count). The fourth-order valence-corrected chi connectivity index (χ4v) is 4.59. The number of hydrogen-bond donors (Lipinski definition) is 1. The first-order chi connectivity index (χ1) is 19.3. The van der Waals surface area contributed by atoms with Crippen LogP contribution in [-0.2, 0) is 14.3 Å². The molecule has 0 spiro atoms. The highest BCUT2D eigenvalue weighted by molar-refractivity contribution is 6.46. The Hall–Kier alpha value is -4.30. The molecule has 0 saturated carbocycles. The summed E-state index contributed by atoms with van der Waals surface area (Å²) >= 11 is 0. The van der Waals surface area contributed by atoms with E-state index in [0.717, 1.165) is 0 Å². The fraction of sp³-hybridized carbons (Fsp3) is 0.312. The van der Waals surface area contributed by atoms with E-state index in [1.165, 1.54) is 4.90 Å². The lowest BCUT2D eigenvalue weighted by Gasteiger charge is -2.26. The van der Waals surface area contributed by atoms with Crippen LogP contribution >= 0.6 is 0 Å². The predicted molar refractivity (Wildman–Crippen MR) is 152 cm³/mol. The van der Waals surface area contributed by atoms with Gasteiger partial charge >= 0.3 is 0 Å². The third kappa shape index (κ3) is 6.46. The summed E-state index contributed by atoms with van der Waals surface area (Å²) in [6, 6.07) is 20.6. The number of rotatable bonds is 12. The molecule has 1 saturated heterocycles. The Bertz CT molecular complexity index is 1370. The quantitative estimate of drug-likeness (QED) is 0.166. The first-order valence-corrected chi connectivity index (χ1v) is 13.5. The van der Waals surface area contributed by atoms with Crippen LogP contribution < -0.4 is 14.2 Å². The van der Waals surface area contributed by atoms with E-state index in [2.05, 4.69) is 0 Å². The molecule has 210 valence electrons. The zero-order valence-corrected chi connectivity index (χ0v) is 23.3. The van der Waals surface area contributed by atoms with Crippen molar-refractivity contribution in [3.05, 3.63) is 89.5 Å².